The van der Waals surface area contributed by atoms with Crippen molar-refractivity contribution in [2.45, 2.75) is 58.4 Å². The van der Waals surface area contributed by atoms with E-state index in [0.29, 0.717) is 11.7 Å². The van der Waals surface area contributed by atoms with Gasteiger partial charge in [0, 0.05) is 35.7 Å². The van der Waals surface area contributed by atoms with Crippen LogP contribution in [0.15, 0.2) is 89.9 Å². The third kappa shape index (κ3) is 6.45. The number of H-pyrrole nitrogens is 1. The summed E-state index contributed by atoms with van der Waals surface area (Å²) in [6, 6.07) is 25.9. The Morgan fingerprint density at radius 2 is 1.66 bits per heavy atom. The number of piperidine rings is 1. The predicted octanol–water partition coefficient (Wildman–Crippen LogP) is 7.34. The topological polar surface area (TPSA) is 95.1 Å². The molecule has 0 aliphatic carbocycles. The fourth-order valence-corrected chi connectivity index (χ4v) is 6.02. The maximum Gasteiger partial charge on any atom is 0.324 e. The van der Waals surface area contributed by atoms with Crippen molar-refractivity contribution in [2.75, 3.05) is 23.7 Å². The fourth-order valence-electron chi connectivity index (χ4n) is 6.02. The number of amides is 2. The summed E-state index contributed by atoms with van der Waals surface area (Å²) >= 11 is 0. The highest BCUT2D eigenvalue weighted by Gasteiger charge is 2.24. The van der Waals surface area contributed by atoms with Crippen LogP contribution in [0.5, 0.6) is 0 Å². The van der Waals surface area contributed by atoms with Gasteiger partial charge in [-0.25, -0.2) is 9.48 Å². The summed E-state index contributed by atoms with van der Waals surface area (Å²) in [5.41, 5.74) is 5.84. The second kappa shape index (κ2) is 12.1. The number of hydrogen-bond donors (Lipinski definition) is 3. The van der Waals surface area contributed by atoms with Crippen LogP contribution in [-0.2, 0) is 12.0 Å². The molecule has 2 amide bonds. The summed E-state index contributed by atoms with van der Waals surface area (Å²) in [7, 11) is 0. The van der Waals surface area contributed by atoms with Crippen LogP contribution in [0.25, 0.3) is 16.5 Å². The highest BCUT2D eigenvalue weighted by atomic mass is 16.2. The van der Waals surface area contributed by atoms with E-state index in [9.17, 15) is 9.59 Å². The van der Waals surface area contributed by atoms with Gasteiger partial charge in [0.25, 0.3) is 0 Å². The van der Waals surface area contributed by atoms with Crippen molar-refractivity contribution in [1.82, 2.24) is 19.7 Å². The summed E-state index contributed by atoms with van der Waals surface area (Å²) in [5, 5.41) is 13.2. The van der Waals surface area contributed by atoms with Gasteiger partial charge in [-0.3, -0.25) is 15.0 Å². The molecule has 3 aromatic carbocycles. The summed E-state index contributed by atoms with van der Waals surface area (Å²) in [5.74, 6) is 1.04. The molecule has 226 valence electrons. The molecule has 0 bridgehead atoms. The maximum absolute atomic E-state index is 13.4. The minimum Gasteiger partial charge on any atom is -0.329 e. The molecule has 0 saturated carbocycles. The van der Waals surface area contributed by atoms with Gasteiger partial charge in [-0.05, 0) is 79.6 Å². The van der Waals surface area contributed by atoms with E-state index >= 15 is 0 Å². The van der Waals surface area contributed by atoms with Crippen LogP contribution in [-0.4, -0.2) is 38.8 Å². The van der Waals surface area contributed by atoms with Gasteiger partial charge in [0.1, 0.15) is 5.82 Å². The van der Waals surface area contributed by atoms with E-state index in [4.69, 9.17) is 5.10 Å². The average Bonchev–Trinajstić information content (AvgIpc) is 3.42. The van der Waals surface area contributed by atoms with Gasteiger partial charge >= 0.3 is 6.03 Å². The molecule has 8 nitrogen and oxygen atoms in total. The maximum atomic E-state index is 13.4. The number of benzene rings is 3. The first-order chi connectivity index (χ1) is 21.1. The van der Waals surface area contributed by atoms with Crippen molar-refractivity contribution < 1.29 is 4.79 Å². The van der Waals surface area contributed by atoms with Crippen molar-refractivity contribution in [3.8, 4) is 5.69 Å². The largest absolute Gasteiger partial charge is 0.329 e. The molecule has 3 heterocycles. The van der Waals surface area contributed by atoms with Crippen LogP contribution in [0.4, 0.5) is 16.3 Å². The molecule has 1 fully saturated rings. The zero-order valence-electron chi connectivity index (χ0n) is 25.9. The van der Waals surface area contributed by atoms with E-state index in [1.807, 2.05) is 48.5 Å². The van der Waals surface area contributed by atoms with E-state index in [1.54, 1.807) is 16.9 Å². The second-order valence-electron chi connectivity index (χ2n) is 12.9. The van der Waals surface area contributed by atoms with Gasteiger partial charge in [0.2, 0.25) is 5.56 Å². The number of likely N-dealkylation sites (tertiary alicyclic amines) is 1. The molecule has 44 heavy (non-hydrogen) atoms. The van der Waals surface area contributed by atoms with Crippen molar-refractivity contribution >= 4 is 28.3 Å². The number of carbonyl (C=O) groups excluding carboxylic acids is 1. The molecule has 3 N–H and O–H groups in total. The Balaban J connectivity index is 1.19. The number of urea groups is 1. The third-order valence-corrected chi connectivity index (χ3v) is 8.48. The Morgan fingerprint density at radius 3 is 2.36 bits per heavy atom. The molecule has 0 unspecified atom stereocenters. The number of rotatable bonds is 6. The molecule has 8 heteroatoms. The quantitative estimate of drug-likeness (QED) is 0.193. The smallest absolute Gasteiger partial charge is 0.324 e. The Hall–Kier alpha value is -4.69. The van der Waals surface area contributed by atoms with Crippen LogP contribution in [0.2, 0.25) is 0 Å². The number of nitrogens with zero attached hydrogens (tertiary/aromatic N) is 3. The molecule has 2 aromatic heterocycles. The Bertz CT molecular complexity index is 1840. The van der Waals surface area contributed by atoms with Crippen LogP contribution in [0, 0.1) is 6.92 Å². The number of nitrogens with one attached hydrogen (secondary N) is 3. The number of aromatic nitrogens is 3. The number of aromatic amines is 1. The molecule has 1 saturated heterocycles. The molecular weight excluding hydrogens is 548 g/mol. The lowest BCUT2D eigenvalue weighted by Crippen LogP contribution is -2.32. The van der Waals surface area contributed by atoms with Crippen molar-refractivity contribution in [3.05, 3.63) is 118 Å². The number of pyridine rings is 1. The number of hydrogen-bond acceptors (Lipinski definition) is 4. The Labute approximate surface area is 258 Å². The van der Waals surface area contributed by atoms with E-state index < -0.39 is 0 Å². The number of carbonyl (C=O) groups is 1. The highest BCUT2D eigenvalue weighted by Crippen LogP contribution is 2.36. The number of aryl methyl sites for hydroxylation is 1. The minimum absolute atomic E-state index is 0.0576. The van der Waals surface area contributed by atoms with Crippen molar-refractivity contribution in [3.63, 3.8) is 0 Å². The number of anilines is 2. The first-order valence-corrected chi connectivity index (χ1v) is 15.3. The predicted molar refractivity (Wildman–Crippen MR) is 178 cm³/mol. The number of fused-ring (bicyclic) bond motifs is 1. The van der Waals surface area contributed by atoms with E-state index in [-0.39, 0.29) is 17.0 Å². The first-order valence-electron chi connectivity index (χ1n) is 15.3. The van der Waals surface area contributed by atoms with Gasteiger partial charge in [-0.15, -0.1) is 0 Å². The van der Waals surface area contributed by atoms with Gasteiger partial charge < -0.3 is 10.3 Å². The fraction of sp³-hybridized carbons (Fsp3) is 0.306. The second-order valence-corrected chi connectivity index (χ2v) is 12.9. The monoisotopic (exact) mass is 588 g/mol. The lowest BCUT2D eigenvalue weighted by molar-refractivity contribution is 0.205. The summed E-state index contributed by atoms with van der Waals surface area (Å²) < 4.78 is 1.79. The van der Waals surface area contributed by atoms with Crippen molar-refractivity contribution in [1.29, 1.82) is 0 Å². The van der Waals surface area contributed by atoms with Gasteiger partial charge in [0.15, 0.2) is 0 Å². The van der Waals surface area contributed by atoms with Crippen LogP contribution in [0.1, 0.15) is 61.9 Å². The van der Waals surface area contributed by atoms with Gasteiger partial charge in [-0.2, -0.15) is 5.10 Å². The van der Waals surface area contributed by atoms with Crippen LogP contribution < -0.4 is 16.2 Å². The minimum atomic E-state index is -0.315. The van der Waals surface area contributed by atoms with Crippen molar-refractivity contribution in [2.24, 2.45) is 0 Å². The van der Waals surface area contributed by atoms with Crippen LogP contribution >= 0.6 is 0 Å². The van der Waals surface area contributed by atoms with Gasteiger partial charge in [0.05, 0.1) is 17.1 Å². The SMILES string of the molecule is Cc1ccc(-n2nc(C(C)(C)C)cc2NC(=O)Nc2ccc(C3CCN(Cc4cc[nH]c(=O)c4)CC3)c3ccccc23)cc1. The molecule has 6 rings (SSSR count). The Kier molecular flexibility index (Phi) is 8.10. The zero-order chi connectivity index (χ0) is 30.8. The van der Waals surface area contributed by atoms with E-state index in [2.05, 4.69) is 72.5 Å². The summed E-state index contributed by atoms with van der Waals surface area (Å²) in [6.07, 6.45) is 3.80. The normalized spacial score (nSPS) is 14.5. The van der Waals surface area contributed by atoms with Gasteiger partial charge in [-0.1, -0.05) is 68.8 Å². The molecule has 0 radical (unpaired) electrons. The molecule has 0 spiro atoms. The average molecular weight is 589 g/mol. The molecule has 1 aliphatic rings. The Morgan fingerprint density at radius 1 is 0.932 bits per heavy atom. The first kappa shape index (κ1) is 29.4. The van der Waals surface area contributed by atoms with E-state index in [0.717, 1.165) is 71.4 Å². The lowest BCUT2D eigenvalue weighted by Gasteiger charge is -2.32. The highest BCUT2D eigenvalue weighted by molar-refractivity contribution is 6.06. The molecule has 1 aliphatic heterocycles. The van der Waals surface area contributed by atoms with Crippen LogP contribution in [0.3, 0.4) is 0 Å². The zero-order valence-corrected chi connectivity index (χ0v) is 25.9. The summed E-state index contributed by atoms with van der Waals surface area (Å²) in [4.78, 5) is 30.2. The molecular formula is C36H40N6O2. The molecule has 0 atom stereocenters. The lowest BCUT2D eigenvalue weighted by atomic mass is 9.86. The molecule has 5 aromatic rings. The van der Waals surface area contributed by atoms with E-state index in [1.165, 1.54) is 5.56 Å². The standard InChI is InChI=1S/C36H40N6O2/c1-24-9-11-27(12-10-24)42-33(22-32(40-42)36(2,3)4)39-35(44)38-31-14-13-28(29-7-5-6-8-30(29)31)26-16-19-41(20-17-26)23-25-15-18-37-34(43)21-25/h5-15,18,21-22,26H,16-17,19-20,23H2,1-4H3,(H,37,43)(H2,38,39,44). The summed E-state index contributed by atoms with van der Waals surface area (Å²) in [6.45, 7) is 11.1. The third-order valence-electron chi connectivity index (χ3n) is 8.48.